The lowest BCUT2D eigenvalue weighted by atomic mass is 10.1. The highest BCUT2D eigenvalue weighted by Gasteiger charge is 2.31. The van der Waals surface area contributed by atoms with Gasteiger partial charge in [0.2, 0.25) is 15.9 Å². The van der Waals surface area contributed by atoms with Crippen molar-refractivity contribution in [3.05, 3.63) is 35.9 Å². The van der Waals surface area contributed by atoms with Crippen LogP contribution < -0.4 is 10.6 Å². The average molecular weight is 537 g/mol. The van der Waals surface area contributed by atoms with Crippen molar-refractivity contribution in [2.24, 2.45) is 4.99 Å². The molecule has 1 heterocycles. The van der Waals surface area contributed by atoms with E-state index >= 15 is 0 Å². The first-order valence-corrected chi connectivity index (χ1v) is 11.4. The van der Waals surface area contributed by atoms with Crippen molar-refractivity contribution in [3.8, 4) is 0 Å². The van der Waals surface area contributed by atoms with E-state index in [2.05, 4.69) is 27.8 Å². The van der Waals surface area contributed by atoms with E-state index in [0.29, 0.717) is 25.6 Å². The molecule has 1 fully saturated rings. The van der Waals surface area contributed by atoms with Crippen molar-refractivity contribution in [2.45, 2.75) is 25.3 Å². The predicted molar refractivity (Wildman–Crippen MR) is 127 cm³/mol. The number of carbonyl (C=O) groups is 1. The Kier molecular flexibility index (Phi) is 10.9. The zero-order valence-corrected chi connectivity index (χ0v) is 20.4. The number of nitrogens with one attached hydrogen (secondary N) is 2. The SMILES string of the molecule is CN(C)C(=O)CN=C(NCCc1ccccc1)NC[C@H]1CCCN1S(C)(=O)=O.I. The summed E-state index contributed by atoms with van der Waals surface area (Å²) in [6, 6.07) is 10.00. The summed E-state index contributed by atoms with van der Waals surface area (Å²) in [5, 5.41) is 6.45. The normalized spacial score (nSPS) is 17.5. The highest BCUT2D eigenvalue weighted by molar-refractivity contribution is 14.0. The Morgan fingerprint density at radius 1 is 1.24 bits per heavy atom. The standard InChI is InChI=1S/C19H31N5O3S.HI/c1-23(2)18(25)15-22-19(20-12-11-16-8-5-4-6-9-16)21-14-17-10-7-13-24(17)28(3,26)27;/h4-6,8-9,17H,7,10-15H2,1-3H3,(H2,20,21,22);1H/t17-;/m1./s1. The molecule has 29 heavy (non-hydrogen) atoms. The molecule has 1 atom stereocenters. The van der Waals surface area contributed by atoms with E-state index < -0.39 is 10.0 Å². The van der Waals surface area contributed by atoms with Crippen molar-refractivity contribution in [1.82, 2.24) is 19.8 Å². The molecule has 1 aliphatic heterocycles. The van der Waals surface area contributed by atoms with E-state index in [1.165, 1.54) is 21.0 Å². The second-order valence-electron chi connectivity index (χ2n) is 7.17. The van der Waals surface area contributed by atoms with E-state index in [4.69, 9.17) is 0 Å². The van der Waals surface area contributed by atoms with E-state index in [1.807, 2.05) is 18.2 Å². The fourth-order valence-corrected chi connectivity index (χ4v) is 4.28. The molecule has 2 N–H and O–H groups in total. The third kappa shape index (κ3) is 8.87. The smallest absolute Gasteiger partial charge is 0.243 e. The molecule has 0 aromatic heterocycles. The van der Waals surface area contributed by atoms with Crippen LogP contribution in [-0.2, 0) is 21.2 Å². The van der Waals surface area contributed by atoms with E-state index in [-0.39, 0.29) is 42.5 Å². The van der Waals surface area contributed by atoms with Crippen LogP contribution in [0, 0.1) is 0 Å². The van der Waals surface area contributed by atoms with Crippen molar-refractivity contribution in [1.29, 1.82) is 0 Å². The Balaban J connectivity index is 0.00000420. The average Bonchev–Trinajstić information content (AvgIpc) is 3.13. The van der Waals surface area contributed by atoms with Crippen molar-refractivity contribution >= 4 is 45.9 Å². The fourth-order valence-electron chi connectivity index (χ4n) is 3.10. The van der Waals surface area contributed by atoms with Crippen LogP contribution in [0.3, 0.4) is 0 Å². The van der Waals surface area contributed by atoms with Crippen LogP contribution in [0.1, 0.15) is 18.4 Å². The number of halogens is 1. The van der Waals surface area contributed by atoms with Crippen molar-refractivity contribution < 1.29 is 13.2 Å². The number of sulfonamides is 1. The van der Waals surface area contributed by atoms with Gasteiger partial charge in [0.05, 0.1) is 6.26 Å². The lowest BCUT2D eigenvalue weighted by Gasteiger charge is -2.23. The largest absolute Gasteiger partial charge is 0.356 e. The molecular weight excluding hydrogens is 505 g/mol. The fraction of sp³-hybridized carbons (Fsp3) is 0.579. The second kappa shape index (κ2) is 12.3. The summed E-state index contributed by atoms with van der Waals surface area (Å²) in [5.41, 5.74) is 1.21. The summed E-state index contributed by atoms with van der Waals surface area (Å²) in [6.45, 7) is 1.71. The molecule has 1 aliphatic rings. The van der Waals surface area contributed by atoms with E-state index in [9.17, 15) is 13.2 Å². The molecule has 0 aliphatic carbocycles. The minimum Gasteiger partial charge on any atom is -0.356 e. The maximum atomic E-state index is 11.9. The van der Waals surface area contributed by atoms with Crippen molar-refractivity contribution in [2.75, 3.05) is 46.5 Å². The summed E-state index contributed by atoms with van der Waals surface area (Å²) in [7, 11) is 0.164. The monoisotopic (exact) mass is 537 g/mol. The zero-order valence-electron chi connectivity index (χ0n) is 17.3. The lowest BCUT2D eigenvalue weighted by Crippen LogP contribution is -2.47. The van der Waals surface area contributed by atoms with Gasteiger partial charge in [-0.1, -0.05) is 30.3 Å². The number of carbonyl (C=O) groups excluding carboxylic acids is 1. The number of hydrogen-bond donors (Lipinski definition) is 2. The molecule has 1 saturated heterocycles. The van der Waals surface area contributed by atoms with Gasteiger partial charge in [0.15, 0.2) is 5.96 Å². The number of rotatable bonds is 8. The highest BCUT2D eigenvalue weighted by Crippen LogP contribution is 2.19. The number of benzene rings is 1. The molecule has 1 aromatic carbocycles. The number of aliphatic imine (C=N–C) groups is 1. The van der Waals surface area contributed by atoms with Gasteiger partial charge in [-0.05, 0) is 24.8 Å². The molecule has 164 valence electrons. The third-order valence-electron chi connectivity index (χ3n) is 4.67. The topological polar surface area (TPSA) is 94.1 Å². The summed E-state index contributed by atoms with van der Waals surface area (Å²) in [4.78, 5) is 17.7. The van der Waals surface area contributed by atoms with Crippen LogP contribution in [0.2, 0.25) is 0 Å². The van der Waals surface area contributed by atoms with Gasteiger partial charge in [-0.3, -0.25) is 4.79 Å². The molecule has 0 bridgehead atoms. The van der Waals surface area contributed by atoms with Gasteiger partial charge in [-0.2, -0.15) is 4.31 Å². The molecule has 1 aromatic rings. The Morgan fingerprint density at radius 3 is 2.55 bits per heavy atom. The second-order valence-corrected chi connectivity index (χ2v) is 9.10. The molecule has 10 heteroatoms. The van der Waals surface area contributed by atoms with Gasteiger partial charge in [-0.25, -0.2) is 13.4 Å². The predicted octanol–water partition coefficient (Wildman–Crippen LogP) is 0.895. The van der Waals surface area contributed by atoms with Gasteiger partial charge in [-0.15, -0.1) is 24.0 Å². The molecular formula is C19H32IN5O3S. The van der Waals surface area contributed by atoms with Gasteiger partial charge < -0.3 is 15.5 Å². The van der Waals surface area contributed by atoms with Crippen LogP contribution in [0.5, 0.6) is 0 Å². The van der Waals surface area contributed by atoms with Gasteiger partial charge in [0.25, 0.3) is 0 Å². The first-order chi connectivity index (χ1) is 13.3. The Labute approximate surface area is 191 Å². The Morgan fingerprint density at radius 2 is 1.93 bits per heavy atom. The van der Waals surface area contributed by atoms with Crippen LogP contribution in [-0.4, -0.2) is 82.1 Å². The Bertz CT molecular complexity index is 771. The van der Waals surface area contributed by atoms with Crippen LogP contribution >= 0.6 is 24.0 Å². The minimum atomic E-state index is -3.22. The summed E-state index contributed by atoms with van der Waals surface area (Å²) >= 11 is 0. The lowest BCUT2D eigenvalue weighted by molar-refractivity contribution is -0.127. The zero-order chi connectivity index (χ0) is 20.6. The van der Waals surface area contributed by atoms with Crippen LogP contribution in [0.15, 0.2) is 35.3 Å². The van der Waals surface area contributed by atoms with Crippen LogP contribution in [0.25, 0.3) is 0 Å². The molecule has 0 spiro atoms. The summed E-state index contributed by atoms with van der Waals surface area (Å²) < 4.78 is 25.4. The van der Waals surface area contributed by atoms with Gasteiger partial charge in [0, 0.05) is 39.8 Å². The molecule has 0 unspecified atom stereocenters. The van der Waals surface area contributed by atoms with Crippen LogP contribution in [0.4, 0.5) is 0 Å². The molecule has 8 nitrogen and oxygen atoms in total. The summed E-state index contributed by atoms with van der Waals surface area (Å²) in [5.74, 6) is 0.425. The molecule has 2 rings (SSSR count). The number of nitrogens with zero attached hydrogens (tertiary/aromatic N) is 3. The quantitative estimate of drug-likeness (QED) is 0.292. The van der Waals surface area contributed by atoms with E-state index in [1.54, 1.807) is 14.1 Å². The number of guanidine groups is 1. The minimum absolute atomic E-state index is 0. The van der Waals surface area contributed by atoms with Crippen molar-refractivity contribution in [3.63, 3.8) is 0 Å². The number of likely N-dealkylation sites (N-methyl/N-ethyl adjacent to an activating group) is 1. The highest BCUT2D eigenvalue weighted by atomic mass is 127. The van der Waals surface area contributed by atoms with Gasteiger partial charge in [0.1, 0.15) is 6.54 Å². The third-order valence-corrected chi connectivity index (χ3v) is 6.01. The maximum Gasteiger partial charge on any atom is 0.243 e. The van der Waals surface area contributed by atoms with E-state index in [0.717, 1.165) is 19.3 Å². The number of hydrogen-bond acceptors (Lipinski definition) is 4. The maximum absolute atomic E-state index is 11.9. The number of amides is 1. The molecule has 0 saturated carbocycles. The Hall–Kier alpha value is -1.40. The van der Waals surface area contributed by atoms with Gasteiger partial charge >= 0.3 is 0 Å². The summed E-state index contributed by atoms with van der Waals surface area (Å²) in [6.07, 6.45) is 3.73. The molecule has 1 amide bonds. The first kappa shape index (κ1) is 25.6. The molecule has 0 radical (unpaired) electrons. The first-order valence-electron chi connectivity index (χ1n) is 9.50.